The molecule has 1 aromatic rings. The van der Waals surface area contributed by atoms with E-state index in [0.29, 0.717) is 12.7 Å². The predicted molar refractivity (Wildman–Crippen MR) is 82.8 cm³/mol. The molecule has 0 atom stereocenters. The number of rotatable bonds is 5. The lowest BCUT2D eigenvalue weighted by atomic mass is 10.1. The molecule has 0 fully saturated rings. The second kappa shape index (κ2) is 9.46. The number of aliphatic hydroxyl groups is 1. The molecule has 0 spiro atoms. The third-order valence-corrected chi connectivity index (χ3v) is 2.85. The molecule has 0 bridgehead atoms. The molecule has 0 saturated heterocycles. The van der Waals surface area contributed by atoms with Crippen LogP contribution in [0.4, 0.5) is 0 Å². The maximum atomic E-state index is 11.4. The van der Waals surface area contributed by atoms with Gasteiger partial charge in [0, 0.05) is 25.9 Å². The highest BCUT2D eigenvalue weighted by Crippen LogP contribution is 2.22. The lowest BCUT2D eigenvalue weighted by molar-refractivity contribution is -0.125. The Morgan fingerprint density at radius 3 is 2.95 bits per heavy atom. The van der Waals surface area contributed by atoms with Gasteiger partial charge in [0.15, 0.2) is 6.61 Å². The molecule has 0 aliphatic heterocycles. The molecule has 0 aromatic carbocycles. The van der Waals surface area contributed by atoms with Crippen LogP contribution in [0.3, 0.4) is 0 Å². The van der Waals surface area contributed by atoms with E-state index in [1.165, 1.54) is 0 Å². The number of hydrogen-bond acceptors (Lipinski definition) is 5. The highest BCUT2D eigenvalue weighted by Gasteiger charge is 2.11. The smallest absolute Gasteiger partial charge is 0.258 e. The first kappa shape index (κ1) is 17.6. The van der Waals surface area contributed by atoms with Crippen molar-refractivity contribution in [1.82, 2.24) is 10.3 Å². The number of nitrogens with zero attached hydrogens (tertiary/aromatic N) is 1. The van der Waals surface area contributed by atoms with Gasteiger partial charge >= 0.3 is 0 Å². The highest BCUT2D eigenvalue weighted by atomic mass is 16.5. The fourth-order valence-corrected chi connectivity index (χ4v) is 1.96. The molecule has 2 rings (SSSR count). The lowest BCUT2D eigenvalue weighted by Gasteiger charge is -2.10. The number of aldehydes is 1. The van der Waals surface area contributed by atoms with E-state index >= 15 is 0 Å². The summed E-state index contributed by atoms with van der Waals surface area (Å²) in [6, 6.07) is 1.94. The van der Waals surface area contributed by atoms with Crippen LogP contribution < -0.4 is 5.32 Å². The topological polar surface area (TPSA) is 88.5 Å². The van der Waals surface area contributed by atoms with Crippen molar-refractivity contribution in [2.75, 3.05) is 20.3 Å². The minimum Gasteiger partial charge on any atom is -0.488 e. The fourth-order valence-electron chi connectivity index (χ4n) is 1.96. The number of fused-ring (bicyclic) bond motifs is 1. The van der Waals surface area contributed by atoms with Crippen molar-refractivity contribution < 1.29 is 19.4 Å². The van der Waals surface area contributed by atoms with Gasteiger partial charge in [-0.05, 0) is 35.8 Å². The van der Waals surface area contributed by atoms with Crippen LogP contribution in [0.15, 0.2) is 35.9 Å². The summed E-state index contributed by atoms with van der Waals surface area (Å²) in [6.07, 6.45) is 8.75. The van der Waals surface area contributed by atoms with E-state index in [1.807, 2.05) is 31.3 Å². The SMILES string of the molecule is CC1=Cc2cnccc2CC(OCC(=O)NCC=O)=C1.CO. The number of amides is 1. The Bertz CT molecular complexity index is 579. The summed E-state index contributed by atoms with van der Waals surface area (Å²) < 4.78 is 5.52. The molecule has 118 valence electrons. The Labute approximate surface area is 129 Å². The minimum atomic E-state index is -0.307. The lowest BCUT2D eigenvalue weighted by Crippen LogP contribution is -2.29. The third kappa shape index (κ3) is 5.49. The molecule has 2 N–H and O–H groups in total. The maximum Gasteiger partial charge on any atom is 0.258 e. The maximum absolute atomic E-state index is 11.4. The zero-order valence-corrected chi connectivity index (χ0v) is 12.7. The van der Waals surface area contributed by atoms with Gasteiger partial charge in [0.25, 0.3) is 5.91 Å². The van der Waals surface area contributed by atoms with Crippen LogP contribution in [0.1, 0.15) is 18.1 Å². The van der Waals surface area contributed by atoms with Crippen LogP contribution in [0, 0.1) is 0 Å². The summed E-state index contributed by atoms with van der Waals surface area (Å²) >= 11 is 0. The first-order chi connectivity index (χ1) is 10.7. The van der Waals surface area contributed by atoms with Crippen molar-refractivity contribution >= 4 is 18.3 Å². The van der Waals surface area contributed by atoms with Crippen molar-refractivity contribution in [3.05, 3.63) is 47.0 Å². The van der Waals surface area contributed by atoms with Crippen molar-refractivity contribution in [3.8, 4) is 0 Å². The fraction of sp³-hybridized carbons (Fsp3) is 0.312. The van der Waals surface area contributed by atoms with Crippen LogP contribution in [0.2, 0.25) is 0 Å². The summed E-state index contributed by atoms with van der Waals surface area (Å²) in [5, 5.41) is 9.43. The van der Waals surface area contributed by atoms with Gasteiger partial charge in [0.2, 0.25) is 0 Å². The number of ether oxygens (including phenoxy) is 1. The Morgan fingerprint density at radius 2 is 2.23 bits per heavy atom. The van der Waals surface area contributed by atoms with Crippen molar-refractivity contribution in [1.29, 1.82) is 0 Å². The zero-order valence-electron chi connectivity index (χ0n) is 12.7. The monoisotopic (exact) mass is 304 g/mol. The number of aliphatic hydroxyl groups excluding tert-OH is 1. The van der Waals surface area contributed by atoms with E-state index in [0.717, 1.165) is 29.6 Å². The van der Waals surface area contributed by atoms with Gasteiger partial charge in [0.1, 0.15) is 12.0 Å². The molecule has 22 heavy (non-hydrogen) atoms. The van der Waals surface area contributed by atoms with Gasteiger partial charge < -0.3 is 20.0 Å². The van der Waals surface area contributed by atoms with E-state index in [4.69, 9.17) is 9.84 Å². The Kier molecular flexibility index (Phi) is 7.56. The Morgan fingerprint density at radius 1 is 1.45 bits per heavy atom. The quantitative estimate of drug-likeness (QED) is 0.788. The first-order valence-corrected chi connectivity index (χ1v) is 6.78. The zero-order chi connectivity index (χ0) is 16.4. The van der Waals surface area contributed by atoms with Gasteiger partial charge in [-0.1, -0.05) is 6.08 Å². The summed E-state index contributed by atoms with van der Waals surface area (Å²) in [5.41, 5.74) is 3.21. The number of hydrogen-bond donors (Lipinski definition) is 2. The largest absolute Gasteiger partial charge is 0.488 e. The second-order valence-electron chi connectivity index (χ2n) is 4.51. The molecule has 0 saturated carbocycles. The van der Waals surface area contributed by atoms with Gasteiger partial charge in [-0.2, -0.15) is 0 Å². The molecule has 6 heteroatoms. The van der Waals surface area contributed by atoms with E-state index < -0.39 is 0 Å². The van der Waals surface area contributed by atoms with Crippen LogP contribution in [0.5, 0.6) is 0 Å². The predicted octanol–water partition coefficient (Wildman–Crippen LogP) is 0.865. The molecule has 1 aliphatic rings. The van der Waals surface area contributed by atoms with Crippen LogP contribution in [0.25, 0.3) is 6.08 Å². The molecular formula is C16H20N2O4. The molecule has 1 amide bonds. The minimum absolute atomic E-state index is 0.00861. The van der Waals surface area contributed by atoms with E-state index in [1.54, 1.807) is 6.20 Å². The number of carbonyl (C=O) groups is 2. The normalized spacial score (nSPS) is 12.5. The van der Waals surface area contributed by atoms with Crippen molar-refractivity contribution in [3.63, 3.8) is 0 Å². The number of aromatic nitrogens is 1. The molecule has 1 aromatic heterocycles. The molecule has 1 heterocycles. The number of carbonyl (C=O) groups excluding carboxylic acids is 2. The third-order valence-electron chi connectivity index (χ3n) is 2.85. The van der Waals surface area contributed by atoms with Gasteiger partial charge in [-0.15, -0.1) is 0 Å². The van der Waals surface area contributed by atoms with Gasteiger partial charge in [0.05, 0.1) is 6.54 Å². The average Bonchev–Trinajstić information content (AvgIpc) is 2.70. The summed E-state index contributed by atoms with van der Waals surface area (Å²) in [5.74, 6) is 0.420. The Balaban J connectivity index is 0.00000116. The van der Waals surface area contributed by atoms with Crippen molar-refractivity contribution in [2.45, 2.75) is 13.3 Å². The number of allylic oxidation sites excluding steroid dienone is 3. The molecule has 0 radical (unpaired) electrons. The van der Waals surface area contributed by atoms with E-state index in [-0.39, 0.29) is 19.1 Å². The Hall–Kier alpha value is -2.47. The van der Waals surface area contributed by atoms with E-state index in [2.05, 4.69) is 10.3 Å². The van der Waals surface area contributed by atoms with Crippen molar-refractivity contribution in [2.24, 2.45) is 0 Å². The second-order valence-corrected chi connectivity index (χ2v) is 4.51. The average molecular weight is 304 g/mol. The molecule has 0 unspecified atom stereocenters. The van der Waals surface area contributed by atoms with Crippen LogP contribution >= 0.6 is 0 Å². The van der Waals surface area contributed by atoms with E-state index in [9.17, 15) is 9.59 Å². The molecule has 1 aliphatic carbocycles. The molecular weight excluding hydrogens is 284 g/mol. The van der Waals surface area contributed by atoms with Gasteiger partial charge in [-0.3, -0.25) is 9.78 Å². The summed E-state index contributed by atoms with van der Waals surface area (Å²) in [4.78, 5) is 25.7. The first-order valence-electron chi connectivity index (χ1n) is 6.78. The summed E-state index contributed by atoms with van der Waals surface area (Å²) in [6.45, 7) is 1.89. The van der Waals surface area contributed by atoms with Crippen LogP contribution in [-0.4, -0.2) is 42.5 Å². The summed E-state index contributed by atoms with van der Waals surface area (Å²) in [7, 11) is 1.00. The number of nitrogens with one attached hydrogen (secondary N) is 1. The number of pyridine rings is 1. The van der Waals surface area contributed by atoms with Gasteiger partial charge in [-0.25, -0.2) is 0 Å². The van der Waals surface area contributed by atoms with Crippen LogP contribution in [-0.2, 0) is 20.7 Å². The standard InChI is InChI=1S/C15H16N2O3.CH4O/c1-11-6-13-9-16-3-2-12(13)8-14(7-11)20-10-15(19)17-4-5-18;1-2/h2-3,5-7,9H,4,8,10H2,1H3,(H,17,19);2H,1H3. The molecule has 6 nitrogen and oxygen atoms in total. The highest BCUT2D eigenvalue weighted by molar-refractivity contribution is 5.79.